The molecule has 2 rings (SSSR count). The highest BCUT2D eigenvalue weighted by Crippen LogP contribution is 2.12. The lowest BCUT2D eigenvalue weighted by molar-refractivity contribution is 0.132. The average molecular weight is 210 g/mol. The van der Waals surface area contributed by atoms with Gasteiger partial charge >= 0.3 is 0 Å². The summed E-state index contributed by atoms with van der Waals surface area (Å²) in [5, 5.41) is 17.4. The molecule has 0 amide bonds. The number of nitrogens with one attached hydrogen (secondary N) is 1. The first kappa shape index (κ1) is 10.6. The SMILES string of the molecule is CCn1ncnc1CC(O)C1CCCN1. The summed E-state index contributed by atoms with van der Waals surface area (Å²) in [5.74, 6) is 0.874. The number of aryl methyl sites for hydroxylation is 1. The molecule has 1 fully saturated rings. The fraction of sp³-hybridized carbons (Fsp3) is 0.800. The van der Waals surface area contributed by atoms with Crippen LogP contribution in [0.5, 0.6) is 0 Å². The molecule has 2 heterocycles. The second-order valence-corrected chi connectivity index (χ2v) is 3.97. The van der Waals surface area contributed by atoms with Crippen LogP contribution in [0, 0.1) is 0 Å². The van der Waals surface area contributed by atoms with Gasteiger partial charge in [-0.25, -0.2) is 4.98 Å². The zero-order valence-corrected chi connectivity index (χ0v) is 9.06. The van der Waals surface area contributed by atoms with E-state index in [9.17, 15) is 5.11 Å². The van der Waals surface area contributed by atoms with E-state index in [-0.39, 0.29) is 12.1 Å². The Hall–Kier alpha value is -0.940. The maximum Gasteiger partial charge on any atom is 0.138 e. The predicted octanol–water partition coefficient (Wildman–Crippen LogP) is -0.0466. The molecule has 2 N–H and O–H groups in total. The van der Waals surface area contributed by atoms with Crippen molar-refractivity contribution in [3.63, 3.8) is 0 Å². The van der Waals surface area contributed by atoms with Gasteiger partial charge in [0.05, 0.1) is 6.10 Å². The highest BCUT2D eigenvalue weighted by molar-refractivity contribution is 4.92. The number of nitrogens with zero attached hydrogens (tertiary/aromatic N) is 3. The molecule has 15 heavy (non-hydrogen) atoms. The molecule has 5 nitrogen and oxygen atoms in total. The van der Waals surface area contributed by atoms with Gasteiger partial charge < -0.3 is 10.4 Å². The summed E-state index contributed by atoms with van der Waals surface area (Å²) in [5.41, 5.74) is 0. The largest absolute Gasteiger partial charge is 0.391 e. The molecule has 0 saturated carbocycles. The number of aliphatic hydroxyl groups is 1. The number of hydrogen-bond acceptors (Lipinski definition) is 4. The topological polar surface area (TPSA) is 63.0 Å². The van der Waals surface area contributed by atoms with E-state index in [4.69, 9.17) is 0 Å². The maximum atomic E-state index is 10.00. The molecule has 2 atom stereocenters. The Bertz CT molecular complexity index is 306. The predicted molar refractivity (Wildman–Crippen MR) is 56.4 cm³/mol. The highest BCUT2D eigenvalue weighted by Gasteiger charge is 2.24. The van der Waals surface area contributed by atoms with Crippen LogP contribution in [0.2, 0.25) is 0 Å². The van der Waals surface area contributed by atoms with Gasteiger partial charge in [0.15, 0.2) is 0 Å². The Morgan fingerprint density at radius 1 is 1.73 bits per heavy atom. The molecule has 1 saturated heterocycles. The maximum absolute atomic E-state index is 10.00. The minimum absolute atomic E-state index is 0.229. The van der Waals surface area contributed by atoms with Gasteiger partial charge in [-0.1, -0.05) is 0 Å². The van der Waals surface area contributed by atoms with Crippen molar-refractivity contribution in [1.82, 2.24) is 20.1 Å². The molecule has 2 unspecified atom stereocenters. The van der Waals surface area contributed by atoms with Gasteiger partial charge in [-0.15, -0.1) is 0 Å². The molecule has 0 aromatic carbocycles. The van der Waals surface area contributed by atoms with E-state index >= 15 is 0 Å². The molecule has 84 valence electrons. The second kappa shape index (κ2) is 4.72. The van der Waals surface area contributed by atoms with Crippen molar-refractivity contribution in [2.75, 3.05) is 6.54 Å². The zero-order chi connectivity index (χ0) is 10.7. The summed E-state index contributed by atoms with van der Waals surface area (Å²) >= 11 is 0. The van der Waals surface area contributed by atoms with Crippen molar-refractivity contribution < 1.29 is 5.11 Å². The summed E-state index contributed by atoms with van der Waals surface area (Å²) in [6.45, 7) is 3.85. The molecule has 1 aliphatic heterocycles. The van der Waals surface area contributed by atoms with E-state index in [1.54, 1.807) is 6.33 Å². The van der Waals surface area contributed by atoms with Crippen molar-refractivity contribution in [3.05, 3.63) is 12.2 Å². The Kier molecular flexibility index (Phi) is 3.33. The molecule has 1 aliphatic rings. The molecule has 5 heteroatoms. The van der Waals surface area contributed by atoms with E-state index in [0.29, 0.717) is 6.42 Å². The lowest BCUT2D eigenvalue weighted by atomic mass is 10.1. The van der Waals surface area contributed by atoms with E-state index in [2.05, 4.69) is 15.4 Å². The minimum atomic E-state index is -0.345. The molecular weight excluding hydrogens is 192 g/mol. The molecular formula is C10H18N4O. The van der Waals surface area contributed by atoms with Crippen molar-refractivity contribution in [2.24, 2.45) is 0 Å². The standard InChI is InChI=1S/C10H18N4O/c1-2-14-10(12-7-13-14)6-9(15)8-4-3-5-11-8/h7-9,11,15H,2-6H2,1H3. The van der Waals surface area contributed by atoms with Gasteiger partial charge in [-0.3, -0.25) is 4.68 Å². The van der Waals surface area contributed by atoms with Crippen LogP contribution in [-0.4, -0.2) is 38.6 Å². The van der Waals surface area contributed by atoms with Gasteiger partial charge in [-0.05, 0) is 26.3 Å². The summed E-state index contributed by atoms with van der Waals surface area (Å²) in [7, 11) is 0. The molecule has 0 aliphatic carbocycles. The van der Waals surface area contributed by atoms with E-state index in [0.717, 1.165) is 31.8 Å². The van der Waals surface area contributed by atoms with Crippen LogP contribution in [0.15, 0.2) is 6.33 Å². The van der Waals surface area contributed by atoms with Crippen LogP contribution >= 0.6 is 0 Å². The van der Waals surface area contributed by atoms with Crippen LogP contribution in [0.3, 0.4) is 0 Å². The van der Waals surface area contributed by atoms with E-state index in [1.165, 1.54) is 0 Å². The average Bonchev–Trinajstić information content (AvgIpc) is 2.87. The number of hydrogen-bond donors (Lipinski definition) is 2. The quantitative estimate of drug-likeness (QED) is 0.731. The van der Waals surface area contributed by atoms with Crippen molar-refractivity contribution in [3.8, 4) is 0 Å². The Labute approximate surface area is 89.5 Å². The summed E-state index contributed by atoms with van der Waals surface area (Å²) in [6.07, 6.45) is 4.00. The van der Waals surface area contributed by atoms with Crippen molar-refractivity contribution in [2.45, 2.75) is 44.9 Å². The lowest BCUT2D eigenvalue weighted by Crippen LogP contribution is -2.36. The first-order valence-corrected chi connectivity index (χ1v) is 5.59. The van der Waals surface area contributed by atoms with E-state index in [1.807, 2.05) is 11.6 Å². The third-order valence-electron chi connectivity index (χ3n) is 2.95. The number of aliphatic hydroxyl groups excluding tert-OH is 1. The number of rotatable bonds is 4. The summed E-state index contributed by atoms with van der Waals surface area (Å²) in [4.78, 5) is 4.16. The molecule has 0 spiro atoms. The molecule has 1 aromatic heterocycles. The summed E-state index contributed by atoms with van der Waals surface area (Å²) in [6, 6.07) is 0.229. The first-order chi connectivity index (χ1) is 7.31. The Morgan fingerprint density at radius 2 is 2.60 bits per heavy atom. The Morgan fingerprint density at radius 3 is 3.27 bits per heavy atom. The first-order valence-electron chi connectivity index (χ1n) is 5.59. The van der Waals surface area contributed by atoms with Gasteiger partial charge in [0, 0.05) is 19.0 Å². The van der Waals surface area contributed by atoms with Gasteiger partial charge in [0.2, 0.25) is 0 Å². The van der Waals surface area contributed by atoms with Gasteiger partial charge in [0.1, 0.15) is 12.2 Å². The van der Waals surface area contributed by atoms with Crippen LogP contribution in [-0.2, 0) is 13.0 Å². The third-order valence-corrected chi connectivity index (χ3v) is 2.95. The Balaban J connectivity index is 1.95. The van der Waals surface area contributed by atoms with Crippen LogP contribution in [0.1, 0.15) is 25.6 Å². The van der Waals surface area contributed by atoms with Crippen LogP contribution < -0.4 is 5.32 Å². The minimum Gasteiger partial charge on any atom is -0.391 e. The fourth-order valence-corrected chi connectivity index (χ4v) is 2.08. The normalized spacial score (nSPS) is 23.2. The van der Waals surface area contributed by atoms with Crippen molar-refractivity contribution in [1.29, 1.82) is 0 Å². The second-order valence-electron chi connectivity index (χ2n) is 3.97. The van der Waals surface area contributed by atoms with Crippen molar-refractivity contribution >= 4 is 0 Å². The van der Waals surface area contributed by atoms with Gasteiger partial charge in [0.25, 0.3) is 0 Å². The van der Waals surface area contributed by atoms with E-state index < -0.39 is 0 Å². The lowest BCUT2D eigenvalue weighted by Gasteiger charge is -2.17. The highest BCUT2D eigenvalue weighted by atomic mass is 16.3. The zero-order valence-electron chi connectivity index (χ0n) is 9.06. The fourth-order valence-electron chi connectivity index (χ4n) is 2.08. The monoisotopic (exact) mass is 210 g/mol. The van der Waals surface area contributed by atoms with Gasteiger partial charge in [-0.2, -0.15) is 5.10 Å². The third kappa shape index (κ3) is 2.35. The smallest absolute Gasteiger partial charge is 0.138 e. The van der Waals surface area contributed by atoms with Crippen LogP contribution in [0.4, 0.5) is 0 Å². The number of aromatic nitrogens is 3. The molecule has 0 bridgehead atoms. The molecule has 0 radical (unpaired) electrons. The molecule has 1 aromatic rings. The summed E-state index contributed by atoms with van der Waals surface area (Å²) < 4.78 is 1.83. The van der Waals surface area contributed by atoms with Crippen LogP contribution in [0.25, 0.3) is 0 Å².